The lowest BCUT2D eigenvalue weighted by molar-refractivity contribution is 0.707. The Kier molecular flexibility index (Phi) is 3.35. The van der Waals surface area contributed by atoms with Gasteiger partial charge < -0.3 is 4.57 Å². The molecule has 0 aliphatic carbocycles. The maximum atomic E-state index is 8.27. The van der Waals surface area contributed by atoms with Gasteiger partial charge in [-0.15, -0.1) is 0 Å². The molecule has 0 aromatic carbocycles. The Morgan fingerprint density at radius 1 is 1.15 bits per heavy atom. The smallest absolute Gasteiger partial charge is 0.151 e. The van der Waals surface area contributed by atoms with Crippen molar-refractivity contribution < 1.29 is 0 Å². The van der Waals surface area contributed by atoms with Crippen LogP contribution >= 0.6 is 11.6 Å². The van der Waals surface area contributed by atoms with E-state index in [0.29, 0.717) is 17.2 Å². The summed E-state index contributed by atoms with van der Waals surface area (Å²) in [6.45, 7) is 0.568. The van der Waals surface area contributed by atoms with Crippen LogP contribution in [0.5, 0.6) is 0 Å². The molecule has 0 bridgehead atoms. The van der Waals surface area contributed by atoms with Crippen molar-refractivity contribution in [3.63, 3.8) is 0 Å². The van der Waals surface area contributed by atoms with Gasteiger partial charge in [0.05, 0.1) is 6.54 Å². The number of aromatic nitrogens is 4. The Hall–Kier alpha value is -2.40. The first kappa shape index (κ1) is 12.6. The molecule has 20 heavy (non-hydrogen) atoms. The molecule has 3 aromatic rings. The molecule has 0 aliphatic heterocycles. The molecule has 0 aliphatic rings. The standard InChI is InChI=1S/C14H12ClN5/c15-13-5-4-11(9-17-13)10-19-7-1-3-12(14(19)16)20-8-2-6-18-20/h1-9,16H,10H2. The van der Waals surface area contributed by atoms with Gasteiger partial charge in [0.1, 0.15) is 10.8 Å². The number of nitrogens with one attached hydrogen (secondary N) is 1. The molecule has 6 heteroatoms. The van der Waals surface area contributed by atoms with Gasteiger partial charge in [0.2, 0.25) is 0 Å². The fourth-order valence-corrected chi connectivity index (χ4v) is 2.08. The molecule has 3 rings (SSSR count). The average Bonchev–Trinajstić information content (AvgIpc) is 2.97. The van der Waals surface area contributed by atoms with E-state index in [2.05, 4.69) is 10.1 Å². The fourth-order valence-electron chi connectivity index (χ4n) is 1.96. The van der Waals surface area contributed by atoms with E-state index < -0.39 is 0 Å². The first-order valence-electron chi connectivity index (χ1n) is 6.08. The highest BCUT2D eigenvalue weighted by Gasteiger charge is 2.03. The summed E-state index contributed by atoms with van der Waals surface area (Å²) in [5.74, 6) is 0. The van der Waals surface area contributed by atoms with Crippen LogP contribution in [0.25, 0.3) is 5.69 Å². The van der Waals surface area contributed by atoms with Crippen molar-refractivity contribution in [2.24, 2.45) is 0 Å². The van der Waals surface area contributed by atoms with Crippen LogP contribution in [-0.4, -0.2) is 19.3 Å². The third kappa shape index (κ3) is 2.48. The van der Waals surface area contributed by atoms with Crippen LogP contribution in [0.4, 0.5) is 0 Å². The van der Waals surface area contributed by atoms with E-state index in [1.165, 1.54) is 0 Å². The van der Waals surface area contributed by atoms with Crippen LogP contribution in [0, 0.1) is 5.41 Å². The van der Waals surface area contributed by atoms with Crippen LogP contribution < -0.4 is 5.49 Å². The topological polar surface area (TPSA) is 59.5 Å². The zero-order chi connectivity index (χ0) is 13.9. The summed E-state index contributed by atoms with van der Waals surface area (Å²) < 4.78 is 3.51. The summed E-state index contributed by atoms with van der Waals surface area (Å²) in [5, 5.41) is 12.9. The Labute approximate surface area is 120 Å². The summed E-state index contributed by atoms with van der Waals surface area (Å²) in [6, 6.07) is 9.25. The number of nitrogens with zero attached hydrogens (tertiary/aromatic N) is 4. The van der Waals surface area contributed by atoms with E-state index in [1.54, 1.807) is 23.1 Å². The molecule has 0 saturated carbocycles. The third-order valence-electron chi connectivity index (χ3n) is 2.94. The second kappa shape index (κ2) is 5.30. The van der Waals surface area contributed by atoms with Crippen molar-refractivity contribution in [2.45, 2.75) is 6.54 Å². The quantitative estimate of drug-likeness (QED) is 0.750. The van der Waals surface area contributed by atoms with Crippen molar-refractivity contribution in [1.29, 1.82) is 5.41 Å². The summed E-state index contributed by atoms with van der Waals surface area (Å²) in [6.07, 6.45) is 7.10. The molecule has 3 aromatic heterocycles. The normalized spacial score (nSPS) is 10.7. The van der Waals surface area contributed by atoms with Crippen LogP contribution in [0.2, 0.25) is 5.15 Å². The van der Waals surface area contributed by atoms with Crippen LogP contribution in [-0.2, 0) is 6.54 Å². The Morgan fingerprint density at radius 3 is 2.75 bits per heavy atom. The number of pyridine rings is 2. The second-order valence-electron chi connectivity index (χ2n) is 4.31. The molecule has 0 unspecified atom stereocenters. The van der Waals surface area contributed by atoms with Gasteiger partial charge in [-0.1, -0.05) is 17.7 Å². The Balaban J connectivity index is 1.97. The first-order chi connectivity index (χ1) is 9.74. The van der Waals surface area contributed by atoms with Crippen LogP contribution in [0.1, 0.15) is 5.56 Å². The van der Waals surface area contributed by atoms with E-state index in [9.17, 15) is 0 Å². The molecular formula is C14H12ClN5. The molecule has 0 amide bonds. The number of rotatable bonds is 3. The monoisotopic (exact) mass is 285 g/mol. The summed E-state index contributed by atoms with van der Waals surface area (Å²) in [7, 11) is 0. The largest absolute Gasteiger partial charge is 0.327 e. The second-order valence-corrected chi connectivity index (χ2v) is 4.70. The lowest BCUT2D eigenvalue weighted by Crippen LogP contribution is -2.24. The van der Waals surface area contributed by atoms with Gasteiger partial charge in [-0.05, 0) is 29.8 Å². The van der Waals surface area contributed by atoms with Crippen molar-refractivity contribution in [1.82, 2.24) is 19.3 Å². The Bertz CT molecular complexity index is 759. The van der Waals surface area contributed by atoms with Gasteiger partial charge in [-0.3, -0.25) is 5.41 Å². The molecule has 0 saturated heterocycles. The zero-order valence-electron chi connectivity index (χ0n) is 10.6. The average molecular weight is 286 g/mol. The summed E-state index contributed by atoms with van der Waals surface area (Å²) >= 11 is 5.77. The van der Waals surface area contributed by atoms with E-state index in [-0.39, 0.29) is 0 Å². The highest BCUT2D eigenvalue weighted by atomic mass is 35.5. The van der Waals surface area contributed by atoms with E-state index in [1.807, 2.05) is 41.2 Å². The number of hydrogen-bond donors (Lipinski definition) is 1. The minimum Gasteiger partial charge on any atom is -0.327 e. The minimum atomic E-state index is 0.395. The lowest BCUT2D eigenvalue weighted by atomic mass is 10.3. The predicted octanol–water partition coefficient (Wildman–Crippen LogP) is 2.25. The minimum absolute atomic E-state index is 0.395. The Morgan fingerprint density at radius 2 is 2.05 bits per heavy atom. The first-order valence-corrected chi connectivity index (χ1v) is 6.46. The molecular weight excluding hydrogens is 274 g/mol. The van der Waals surface area contributed by atoms with Crippen molar-refractivity contribution in [3.05, 3.63) is 71.3 Å². The van der Waals surface area contributed by atoms with Gasteiger partial charge in [-0.2, -0.15) is 5.10 Å². The third-order valence-corrected chi connectivity index (χ3v) is 3.17. The maximum Gasteiger partial charge on any atom is 0.151 e. The van der Waals surface area contributed by atoms with Crippen LogP contribution in [0.3, 0.4) is 0 Å². The van der Waals surface area contributed by atoms with Crippen molar-refractivity contribution >= 4 is 11.6 Å². The van der Waals surface area contributed by atoms with Gasteiger partial charge in [0.25, 0.3) is 0 Å². The SMILES string of the molecule is N=c1c(-n2cccn2)cccn1Cc1ccc(Cl)nc1. The summed E-state index contributed by atoms with van der Waals surface area (Å²) in [4.78, 5) is 4.05. The number of halogens is 1. The molecule has 3 heterocycles. The molecule has 1 N–H and O–H groups in total. The predicted molar refractivity (Wildman–Crippen MR) is 75.8 cm³/mol. The molecule has 0 spiro atoms. The molecule has 100 valence electrons. The van der Waals surface area contributed by atoms with Crippen molar-refractivity contribution in [2.75, 3.05) is 0 Å². The van der Waals surface area contributed by atoms with E-state index in [4.69, 9.17) is 17.0 Å². The molecule has 0 atom stereocenters. The van der Waals surface area contributed by atoms with Crippen molar-refractivity contribution in [3.8, 4) is 5.69 Å². The zero-order valence-corrected chi connectivity index (χ0v) is 11.3. The number of hydrogen-bond acceptors (Lipinski definition) is 3. The summed E-state index contributed by atoms with van der Waals surface area (Å²) in [5.41, 5.74) is 2.12. The van der Waals surface area contributed by atoms with E-state index in [0.717, 1.165) is 11.3 Å². The molecule has 5 nitrogen and oxygen atoms in total. The van der Waals surface area contributed by atoms with Gasteiger partial charge in [0.15, 0.2) is 5.49 Å². The van der Waals surface area contributed by atoms with Gasteiger partial charge >= 0.3 is 0 Å². The lowest BCUT2D eigenvalue weighted by Gasteiger charge is -2.10. The highest BCUT2D eigenvalue weighted by molar-refractivity contribution is 6.29. The van der Waals surface area contributed by atoms with Gasteiger partial charge in [-0.25, -0.2) is 9.67 Å². The van der Waals surface area contributed by atoms with E-state index >= 15 is 0 Å². The van der Waals surface area contributed by atoms with Gasteiger partial charge in [0, 0.05) is 24.8 Å². The van der Waals surface area contributed by atoms with Crippen LogP contribution in [0.15, 0.2) is 55.1 Å². The highest BCUT2D eigenvalue weighted by Crippen LogP contribution is 2.07. The fraction of sp³-hybridized carbons (Fsp3) is 0.0714. The molecule has 0 radical (unpaired) electrons. The molecule has 0 fully saturated rings. The maximum absolute atomic E-state index is 8.27.